The van der Waals surface area contributed by atoms with Crippen LogP contribution in [0.1, 0.15) is 29.3 Å². The van der Waals surface area contributed by atoms with E-state index in [4.69, 9.17) is 26.4 Å². The lowest BCUT2D eigenvalue weighted by Gasteiger charge is -2.16. The summed E-state index contributed by atoms with van der Waals surface area (Å²) in [6.07, 6.45) is 0.535. The molecule has 0 bridgehead atoms. The quantitative estimate of drug-likeness (QED) is 0.820. The molecular formula is C18H15NO6S. The van der Waals surface area contributed by atoms with Gasteiger partial charge in [0.05, 0.1) is 7.11 Å². The smallest absolute Gasteiger partial charge is 0.327 e. The molecule has 0 aliphatic carbocycles. The number of fused-ring (bicyclic) bond motifs is 2. The van der Waals surface area contributed by atoms with Gasteiger partial charge in [-0.2, -0.15) is 0 Å². The summed E-state index contributed by atoms with van der Waals surface area (Å²) in [5.41, 5.74) is 1.55. The van der Waals surface area contributed by atoms with Crippen molar-refractivity contribution in [2.45, 2.75) is 18.9 Å². The van der Waals surface area contributed by atoms with Gasteiger partial charge in [0.25, 0.3) is 5.56 Å². The van der Waals surface area contributed by atoms with Crippen LogP contribution in [0.3, 0.4) is 0 Å². The van der Waals surface area contributed by atoms with Gasteiger partial charge in [0, 0.05) is 29.3 Å². The molecule has 0 spiro atoms. The lowest BCUT2D eigenvalue weighted by atomic mass is 10.0. The molecule has 0 amide bonds. The van der Waals surface area contributed by atoms with Crippen molar-refractivity contribution in [3.63, 3.8) is 0 Å². The molecule has 1 atom stereocenters. The van der Waals surface area contributed by atoms with Crippen LogP contribution in [-0.4, -0.2) is 34.4 Å². The van der Waals surface area contributed by atoms with E-state index in [-0.39, 0.29) is 13.2 Å². The van der Waals surface area contributed by atoms with Crippen LogP contribution < -0.4 is 19.8 Å². The number of ether oxygens (including phenoxy) is 3. The summed E-state index contributed by atoms with van der Waals surface area (Å²) < 4.78 is 17.4. The Morgan fingerprint density at radius 2 is 2.12 bits per heavy atom. The molecule has 0 fully saturated rings. The number of pyridine rings is 1. The normalized spacial score (nSPS) is 17.3. The van der Waals surface area contributed by atoms with Crippen LogP contribution in [0.25, 0.3) is 0 Å². The number of carboxylic acid groups (broad SMARTS) is 1. The van der Waals surface area contributed by atoms with Crippen molar-refractivity contribution < 1.29 is 24.1 Å². The van der Waals surface area contributed by atoms with E-state index in [2.05, 4.69) is 0 Å². The highest BCUT2D eigenvalue weighted by atomic mass is 32.1. The lowest BCUT2D eigenvalue weighted by molar-refractivity contribution is -0.140. The highest BCUT2D eigenvalue weighted by Crippen LogP contribution is 2.36. The largest absolute Gasteiger partial charge is 0.494 e. The third kappa shape index (κ3) is 2.53. The van der Waals surface area contributed by atoms with Gasteiger partial charge in [-0.05, 0) is 17.7 Å². The van der Waals surface area contributed by atoms with Crippen molar-refractivity contribution in [3.05, 3.63) is 51.4 Å². The number of methoxy groups -OCH3 is 1. The Morgan fingerprint density at radius 3 is 2.85 bits per heavy atom. The first-order valence-corrected chi connectivity index (χ1v) is 8.37. The standard InChI is InChI=1S/C18H15NO6S/c1-23-17-10(4-9-2-3-12-13(5-9)25-8-24-12)6-15(20)19-11(18(21)22)7-14(26)16(17)19/h2-3,5-6,11H,4,7-8H2,1H3,(H,21,22)/t11-/m1/s1. The molecule has 0 saturated carbocycles. The number of hydrogen-bond acceptors (Lipinski definition) is 6. The fourth-order valence-corrected chi connectivity index (χ4v) is 3.77. The Hall–Kier alpha value is -2.87. The summed E-state index contributed by atoms with van der Waals surface area (Å²) in [5.74, 6) is 0.691. The minimum absolute atomic E-state index is 0.115. The number of benzene rings is 1. The summed E-state index contributed by atoms with van der Waals surface area (Å²) in [7, 11) is 1.49. The number of rotatable bonds is 4. The monoisotopic (exact) mass is 373 g/mol. The number of thiocarbonyl (C=S) groups is 1. The highest BCUT2D eigenvalue weighted by molar-refractivity contribution is 7.80. The summed E-state index contributed by atoms with van der Waals surface area (Å²) in [5, 5.41) is 9.37. The van der Waals surface area contributed by atoms with E-state index in [1.54, 1.807) is 0 Å². The maximum atomic E-state index is 12.6. The van der Waals surface area contributed by atoms with Gasteiger partial charge in [-0.3, -0.25) is 9.36 Å². The van der Waals surface area contributed by atoms with Crippen molar-refractivity contribution in [2.24, 2.45) is 0 Å². The Balaban J connectivity index is 1.80. The molecular weight excluding hydrogens is 358 g/mol. The number of carboxylic acids is 1. The molecule has 26 heavy (non-hydrogen) atoms. The van der Waals surface area contributed by atoms with E-state index >= 15 is 0 Å². The van der Waals surface area contributed by atoms with Gasteiger partial charge >= 0.3 is 5.97 Å². The Morgan fingerprint density at radius 1 is 1.35 bits per heavy atom. The first kappa shape index (κ1) is 16.6. The molecule has 2 aliphatic heterocycles. The summed E-state index contributed by atoms with van der Waals surface area (Å²) in [6.45, 7) is 0.188. The maximum Gasteiger partial charge on any atom is 0.327 e. The van der Waals surface area contributed by atoms with Crippen molar-refractivity contribution in [3.8, 4) is 17.2 Å². The molecule has 8 heteroatoms. The van der Waals surface area contributed by atoms with Crippen LogP contribution in [0.2, 0.25) is 0 Å². The Kier molecular flexibility index (Phi) is 3.91. The van der Waals surface area contributed by atoms with Crippen LogP contribution in [-0.2, 0) is 11.2 Å². The molecule has 3 heterocycles. The third-order valence-corrected chi connectivity index (χ3v) is 4.92. The molecule has 2 aliphatic rings. The molecule has 1 aromatic carbocycles. The second kappa shape index (κ2) is 6.14. The topological polar surface area (TPSA) is 87.0 Å². The average molecular weight is 373 g/mol. The molecule has 2 aromatic rings. The van der Waals surface area contributed by atoms with E-state index in [0.29, 0.717) is 39.8 Å². The van der Waals surface area contributed by atoms with E-state index in [1.807, 2.05) is 18.2 Å². The van der Waals surface area contributed by atoms with E-state index in [9.17, 15) is 14.7 Å². The van der Waals surface area contributed by atoms with Crippen molar-refractivity contribution in [1.29, 1.82) is 0 Å². The van der Waals surface area contributed by atoms with Crippen LogP contribution in [0, 0.1) is 0 Å². The number of hydrogen-bond donors (Lipinski definition) is 1. The van der Waals surface area contributed by atoms with Gasteiger partial charge < -0.3 is 19.3 Å². The molecule has 134 valence electrons. The van der Waals surface area contributed by atoms with E-state index in [0.717, 1.165) is 5.56 Å². The predicted molar refractivity (Wildman–Crippen MR) is 95.6 cm³/mol. The van der Waals surface area contributed by atoms with Crippen molar-refractivity contribution >= 4 is 23.1 Å². The zero-order valence-electron chi connectivity index (χ0n) is 13.9. The van der Waals surface area contributed by atoms with E-state index in [1.165, 1.54) is 17.7 Å². The first-order chi connectivity index (χ1) is 12.5. The lowest BCUT2D eigenvalue weighted by Crippen LogP contribution is -2.28. The van der Waals surface area contributed by atoms with Crippen molar-refractivity contribution in [2.75, 3.05) is 13.9 Å². The van der Waals surface area contributed by atoms with Gasteiger partial charge in [-0.1, -0.05) is 18.3 Å². The average Bonchev–Trinajstić information content (AvgIpc) is 3.20. The second-order valence-electron chi connectivity index (χ2n) is 6.11. The molecule has 4 rings (SSSR count). The van der Waals surface area contributed by atoms with Crippen LogP contribution in [0.5, 0.6) is 17.2 Å². The van der Waals surface area contributed by atoms with E-state index < -0.39 is 17.6 Å². The summed E-state index contributed by atoms with van der Waals surface area (Å²) >= 11 is 5.33. The molecule has 7 nitrogen and oxygen atoms in total. The SMILES string of the molecule is COc1c(Cc2ccc3c(c2)OCO3)cc(=O)n2c1C(=S)C[C@@H]2C(=O)O. The van der Waals surface area contributed by atoms with Crippen LogP contribution in [0.4, 0.5) is 0 Å². The van der Waals surface area contributed by atoms with Gasteiger partial charge in [0.1, 0.15) is 17.5 Å². The zero-order valence-corrected chi connectivity index (χ0v) is 14.7. The third-order valence-electron chi connectivity index (χ3n) is 4.56. The fourth-order valence-electron chi connectivity index (χ4n) is 3.42. The van der Waals surface area contributed by atoms with Crippen LogP contribution >= 0.6 is 12.2 Å². The predicted octanol–water partition coefficient (Wildman–Crippen LogP) is 1.92. The number of aliphatic carboxylic acids is 1. The Labute approximate surface area is 153 Å². The van der Waals surface area contributed by atoms with Gasteiger partial charge in [0.15, 0.2) is 11.5 Å². The van der Waals surface area contributed by atoms with Gasteiger partial charge in [-0.15, -0.1) is 0 Å². The number of nitrogens with zero attached hydrogens (tertiary/aromatic N) is 1. The molecule has 0 saturated heterocycles. The first-order valence-electron chi connectivity index (χ1n) is 7.96. The molecule has 1 aromatic heterocycles. The summed E-state index contributed by atoms with van der Waals surface area (Å²) in [6, 6.07) is 5.98. The minimum Gasteiger partial charge on any atom is -0.494 e. The van der Waals surface area contributed by atoms with Crippen molar-refractivity contribution in [1.82, 2.24) is 4.57 Å². The summed E-state index contributed by atoms with van der Waals surface area (Å²) in [4.78, 5) is 24.5. The molecule has 1 N–H and O–H groups in total. The fraction of sp³-hybridized carbons (Fsp3) is 0.278. The van der Waals surface area contributed by atoms with Gasteiger partial charge in [-0.25, -0.2) is 4.79 Å². The van der Waals surface area contributed by atoms with Crippen LogP contribution in [0.15, 0.2) is 29.1 Å². The van der Waals surface area contributed by atoms with Gasteiger partial charge in [0.2, 0.25) is 6.79 Å². The molecule has 0 unspecified atom stereocenters. The minimum atomic E-state index is -1.08. The zero-order chi connectivity index (χ0) is 18.4. The highest BCUT2D eigenvalue weighted by Gasteiger charge is 2.36. The number of aromatic nitrogens is 1. The number of carbonyl (C=O) groups is 1. The maximum absolute atomic E-state index is 12.6. The second-order valence-corrected chi connectivity index (χ2v) is 6.60. The molecule has 0 radical (unpaired) electrons. The Bertz CT molecular complexity index is 996.